The summed E-state index contributed by atoms with van der Waals surface area (Å²) in [4.78, 5) is 40.4. The van der Waals surface area contributed by atoms with E-state index in [4.69, 9.17) is 5.11 Å². The Balaban J connectivity index is 1.78. The van der Waals surface area contributed by atoms with Gasteiger partial charge in [-0.3, -0.25) is 4.79 Å². The zero-order chi connectivity index (χ0) is 15.2. The zero-order valence-corrected chi connectivity index (χ0v) is 11.3. The van der Waals surface area contributed by atoms with E-state index in [2.05, 4.69) is 25.9 Å². The highest BCUT2D eigenvalue weighted by molar-refractivity contribution is 5.83. The van der Waals surface area contributed by atoms with Gasteiger partial charge >= 0.3 is 12.0 Å². The molecule has 1 aliphatic rings. The summed E-state index contributed by atoms with van der Waals surface area (Å²) in [6, 6.07) is -1.73. The monoisotopic (exact) mass is 295 g/mol. The summed E-state index contributed by atoms with van der Waals surface area (Å²) in [5.74, 6) is -1.17. The number of nitrogens with one attached hydrogen (secondary N) is 4. The molecule has 1 saturated heterocycles. The third-order valence-corrected chi connectivity index (χ3v) is 3.18. The summed E-state index contributed by atoms with van der Waals surface area (Å²) < 4.78 is 0. The average Bonchev–Trinajstić information content (AvgIpc) is 3.07. The predicted molar refractivity (Wildman–Crippen MR) is 71.4 cm³/mol. The largest absolute Gasteiger partial charge is 0.480 e. The van der Waals surface area contributed by atoms with Gasteiger partial charge in [-0.2, -0.15) is 0 Å². The Morgan fingerprint density at radius 1 is 1.52 bits per heavy atom. The molecule has 0 bridgehead atoms. The van der Waals surface area contributed by atoms with Gasteiger partial charge in [-0.1, -0.05) is 0 Å². The third kappa shape index (κ3) is 4.48. The van der Waals surface area contributed by atoms with Crippen LogP contribution in [0.1, 0.15) is 18.5 Å². The molecule has 0 aromatic carbocycles. The summed E-state index contributed by atoms with van der Waals surface area (Å²) in [6.45, 7) is 0.272. The fraction of sp³-hybridized carbons (Fsp3) is 0.500. The molecule has 2 heterocycles. The second-order valence-electron chi connectivity index (χ2n) is 4.83. The second-order valence-corrected chi connectivity index (χ2v) is 4.83. The number of aromatic amines is 1. The highest BCUT2D eigenvalue weighted by atomic mass is 16.4. The number of imidazole rings is 1. The lowest BCUT2D eigenvalue weighted by molar-refractivity contribution is -0.139. The van der Waals surface area contributed by atoms with E-state index in [0.717, 1.165) is 0 Å². The van der Waals surface area contributed by atoms with Crippen molar-refractivity contribution in [3.8, 4) is 0 Å². The lowest BCUT2D eigenvalue weighted by Gasteiger charge is -2.16. The molecule has 0 aliphatic carbocycles. The highest BCUT2D eigenvalue weighted by Gasteiger charge is 2.23. The van der Waals surface area contributed by atoms with Crippen LogP contribution in [0.5, 0.6) is 0 Å². The highest BCUT2D eigenvalue weighted by Crippen LogP contribution is 2.05. The smallest absolute Gasteiger partial charge is 0.326 e. The average molecular weight is 295 g/mol. The van der Waals surface area contributed by atoms with Crippen LogP contribution in [0.15, 0.2) is 12.5 Å². The Labute approximate surface area is 120 Å². The van der Waals surface area contributed by atoms with Crippen LogP contribution in [-0.4, -0.2) is 51.6 Å². The number of amides is 3. The minimum Gasteiger partial charge on any atom is -0.480 e. The van der Waals surface area contributed by atoms with Gasteiger partial charge in [-0.15, -0.1) is 0 Å². The number of hydrogen-bond donors (Lipinski definition) is 5. The molecular weight excluding hydrogens is 278 g/mol. The minimum atomic E-state index is -1.13. The van der Waals surface area contributed by atoms with Crippen LogP contribution >= 0.6 is 0 Å². The maximum Gasteiger partial charge on any atom is 0.326 e. The first-order valence-corrected chi connectivity index (χ1v) is 6.58. The SMILES string of the molecule is O=C1CCC(CNC(=O)NC(Cc2cnc[nH]2)C(=O)O)N1. The van der Waals surface area contributed by atoms with Crippen LogP contribution in [0.2, 0.25) is 0 Å². The second kappa shape index (κ2) is 6.73. The normalized spacial score (nSPS) is 18.9. The van der Waals surface area contributed by atoms with Gasteiger partial charge in [0.25, 0.3) is 0 Å². The Morgan fingerprint density at radius 3 is 2.90 bits per heavy atom. The Morgan fingerprint density at radius 2 is 2.33 bits per heavy atom. The van der Waals surface area contributed by atoms with Gasteiger partial charge in [0, 0.05) is 37.3 Å². The summed E-state index contributed by atoms with van der Waals surface area (Å²) in [6.07, 6.45) is 4.17. The Kier molecular flexibility index (Phi) is 4.75. The molecule has 2 atom stereocenters. The number of hydrogen-bond acceptors (Lipinski definition) is 4. The summed E-state index contributed by atoms with van der Waals surface area (Å²) in [5, 5.41) is 16.7. The number of rotatable bonds is 6. The van der Waals surface area contributed by atoms with Gasteiger partial charge in [0.2, 0.25) is 5.91 Å². The van der Waals surface area contributed by atoms with Crippen molar-refractivity contribution in [3.63, 3.8) is 0 Å². The number of aromatic nitrogens is 2. The first kappa shape index (κ1) is 14.8. The van der Waals surface area contributed by atoms with E-state index in [-0.39, 0.29) is 24.9 Å². The van der Waals surface area contributed by atoms with Gasteiger partial charge in [0.1, 0.15) is 6.04 Å². The van der Waals surface area contributed by atoms with Crippen molar-refractivity contribution in [1.82, 2.24) is 25.9 Å². The molecule has 0 radical (unpaired) electrons. The fourth-order valence-corrected chi connectivity index (χ4v) is 2.07. The molecule has 2 rings (SSSR count). The van der Waals surface area contributed by atoms with Crippen molar-refractivity contribution >= 4 is 17.9 Å². The van der Waals surface area contributed by atoms with E-state index < -0.39 is 18.0 Å². The Bertz CT molecular complexity index is 516. The van der Waals surface area contributed by atoms with Gasteiger partial charge in [0.15, 0.2) is 0 Å². The van der Waals surface area contributed by atoms with Crippen molar-refractivity contribution < 1.29 is 19.5 Å². The standard InChI is InChI=1S/C12H17N5O4/c18-10-2-1-7(16-10)5-14-12(21)17-9(11(19)20)3-8-4-13-6-15-8/h4,6-7,9H,1-3,5H2,(H,13,15)(H,16,18)(H,19,20)(H2,14,17,21). The number of carbonyl (C=O) groups excluding carboxylic acids is 2. The van der Waals surface area contributed by atoms with Crippen molar-refractivity contribution in [2.24, 2.45) is 0 Å². The number of urea groups is 1. The van der Waals surface area contributed by atoms with E-state index >= 15 is 0 Å². The number of carboxylic acid groups (broad SMARTS) is 1. The van der Waals surface area contributed by atoms with Crippen LogP contribution < -0.4 is 16.0 Å². The van der Waals surface area contributed by atoms with Crippen molar-refractivity contribution in [3.05, 3.63) is 18.2 Å². The number of carbonyl (C=O) groups is 3. The van der Waals surface area contributed by atoms with E-state index in [1.165, 1.54) is 12.5 Å². The maximum absolute atomic E-state index is 11.7. The number of nitrogens with zero attached hydrogens (tertiary/aromatic N) is 1. The zero-order valence-electron chi connectivity index (χ0n) is 11.3. The molecule has 1 aromatic heterocycles. The van der Waals surface area contributed by atoms with Crippen LogP contribution in [0, 0.1) is 0 Å². The molecule has 1 aliphatic heterocycles. The van der Waals surface area contributed by atoms with Crippen LogP contribution in [0.3, 0.4) is 0 Å². The molecule has 0 saturated carbocycles. The molecule has 0 spiro atoms. The topological polar surface area (TPSA) is 136 Å². The maximum atomic E-state index is 11.7. The molecular formula is C12H17N5O4. The van der Waals surface area contributed by atoms with E-state index in [1.807, 2.05) is 0 Å². The van der Waals surface area contributed by atoms with Gasteiger partial charge in [-0.25, -0.2) is 14.6 Å². The molecule has 1 fully saturated rings. The molecule has 9 nitrogen and oxygen atoms in total. The molecule has 1 aromatic rings. The fourth-order valence-electron chi connectivity index (χ4n) is 2.07. The van der Waals surface area contributed by atoms with E-state index in [9.17, 15) is 14.4 Å². The van der Waals surface area contributed by atoms with Crippen LogP contribution in [0.4, 0.5) is 4.79 Å². The lowest BCUT2D eigenvalue weighted by Crippen LogP contribution is -2.49. The Hall–Kier alpha value is -2.58. The van der Waals surface area contributed by atoms with Gasteiger partial charge < -0.3 is 26.0 Å². The van der Waals surface area contributed by atoms with E-state index in [1.54, 1.807) is 0 Å². The lowest BCUT2D eigenvalue weighted by atomic mass is 10.1. The predicted octanol–water partition coefficient (Wildman–Crippen LogP) is -1.02. The third-order valence-electron chi connectivity index (χ3n) is 3.18. The molecule has 114 valence electrons. The summed E-state index contributed by atoms with van der Waals surface area (Å²) in [5.41, 5.74) is 0.616. The number of H-pyrrole nitrogens is 1. The molecule has 9 heteroatoms. The summed E-state index contributed by atoms with van der Waals surface area (Å²) in [7, 11) is 0. The quantitative estimate of drug-likeness (QED) is 0.458. The van der Waals surface area contributed by atoms with Gasteiger partial charge in [-0.05, 0) is 6.42 Å². The molecule has 2 unspecified atom stereocenters. The molecule has 3 amide bonds. The van der Waals surface area contributed by atoms with Crippen molar-refractivity contribution in [2.75, 3.05) is 6.54 Å². The number of aliphatic carboxylic acids is 1. The molecule has 5 N–H and O–H groups in total. The van der Waals surface area contributed by atoms with Crippen LogP contribution in [0.25, 0.3) is 0 Å². The summed E-state index contributed by atoms with van der Waals surface area (Å²) >= 11 is 0. The van der Waals surface area contributed by atoms with Crippen molar-refractivity contribution in [1.29, 1.82) is 0 Å². The first-order valence-electron chi connectivity index (χ1n) is 6.58. The molecule has 21 heavy (non-hydrogen) atoms. The van der Waals surface area contributed by atoms with Crippen molar-refractivity contribution in [2.45, 2.75) is 31.3 Å². The van der Waals surface area contributed by atoms with Crippen LogP contribution in [-0.2, 0) is 16.0 Å². The van der Waals surface area contributed by atoms with Gasteiger partial charge in [0.05, 0.1) is 6.33 Å². The number of carboxylic acids is 1. The van der Waals surface area contributed by atoms with E-state index in [0.29, 0.717) is 18.5 Å². The first-order chi connectivity index (χ1) is 10.0. The minimum absolute atomic E-state index is 0.0372.